The number of ether oxygens (including phenoxy) is 1. The first-order valence-corrected chi connectivity index (χ1v) is 6.00. The summed E-state index contributed by atoms with van der Waals surface area (Å²) in [6, 6.07) is 3.03. The molecule has 8 heteroatoms. The molecule has 1 rings (SSSR count). The number of aromatic carboxylic acids is 1. The van der Waals surface area contributed by atoms with Gasteiger partial charge < -0.3 is 25.2 Å². The number of esters is 1. The van der Waals surface area contributed by atoms with Crippen molar-refractivity contribution in [3.05, 3.63) is 23.8 Å². The lowest BCUT2D eigenvalue weighted by Crippen LogP contribution is -2.33. The Hall–Kier alpha value is -2.77. The first kappa shape index (κ1) is 16.3. The molecule has 0 unspecified atom stereocenters. The molecule has 3 N–H and O–H groups in total. The second kappa shape index (κ2) is 7.13. The van der Waals surface area contributed by atoms with E-state index in [1.54, 1.807) is 0 Å². The van der Waals surface area contributed by atoms with Gasteiger partial charge >= 0.3 is 18.0 Å². The second-order valence-corrected chi connectivity index (χ2v) is 4.21. The molecule has 0 heterocycles. The van der Waals surface area contributed by atoms with E-state index in [0.29, 0.717) is 0 Å². The van der Waals surface area contributed by atoms with Crippen molar-refractivity contribution >= 4 is 23.7 Å². The van der Waals surface area contributed by atoms with Crippen LogP contribution in [0, 0.1) is 0 Å². The number of carboxylic acid groups (broad SMARTS) is 1. The van der Waals surface area contributed by atoms with Crippen LogP contribution in [0.1, 0.15) is 16.8 Å². The number of hydrogen-bond donors (Lipinski definition) is 3. The minimum atomic E-state index is -1.18. The van der Waals surface area contributed by atoms with E-state index in [0.717, 1.165) is 6.07 Å². The molecule has 1 aromatic rings. The van der Waals surface area contributed by atoms with Crippen LogP contribution in [0.25, 0.3) is 0 Å². The van der Waals surface area contributed by atoms with Crippen LogP contribution < -0.4 is 5.32 Å². The van der Waals surface area contributed by atoms with Gasteiger partial charge in [0.25, 0.3) is 0 Å². The highest BCUT2D eigenvalue weighted by Crippen LogP contribution is 2.24. The maximum atomic E-state index is 11.8. The summed E-state index contributed by atoms with van der Waals surface area (Å²) in [5, 5.41) is 20.8. The fraction of sp³-hybridized carbons (Fsp3) is 0.308. The van der Waals surface area contributed by atoms with E-state index in [-0.39, 0.29) is 30.0 Å². The van der Waals surface area contributed by atoms with Gasteiger partial charge in [-0.3, -0.25) is 4.79 Å². The number of nitrogens with zero attached hydrogens (tertiary/aromatic N) is 1. The van der Waals surface area contributed by atoms with Crippen molar-refractivity contribution in [3.8, 4) is 5.75 Å². The Morgan fingerprint density at radius 2 is 2.00 bits per heavy atom. The normalized spacial score (nSPS) is 9.81. The Morgan fingerprint density at radius 3 is 2.52 bits per heavy atom. The number of urea groups is 1. The van der Waals surface area contributed by atoms with E-state index in [2.05, 4.69) is 10.1 Å². The largest absolute Gasteiger partial charge is 0.506 e. The molecule has 21 heavy (non-hydrogen) atoms. The molecule has 0 aliphatic rings. The van der Waals surface area contributed by atoms with E-state index < -0.39 is 18.0 Å². The van der Waals surface area contributed by atoms with Crippen molar-refractivity contribution in [2.75, 3.05) is 26.0 Å². The molecule has 0 aromatic heterocycles. The summed E-state index contributed by atoms with van der Waals surface area (Å²) in [7, 11) is 2.73. The van der Waals surface area contributed by atoms with Gasteiger partial charge in [-0.15, -0.1) is 0 Å². The molecule has 114 valence electrons. The van der Waals surface area contributed by atoms with Gasteiger partial charge in [0, 0.05) is 13.6 Å². The number of hydrogen-bond acceptors (Lipinski definition) is 5. The summed E-state index contributed by atoms with van der Waals surface area (Å²) in [5.41, 5.74) is -0.0144. The summed E-state index contributed by atoms with van der Waals surface area (Å²) >= 11 is 0. The number of carbonyl (C=O) groups excluding carboxylic acids is 2. The van der Waals surface area contributed by atoms with Crippen LogP contribution in [0.3, 0.4) is 0 Å². The smallest absolute Gasteiger partial charge is 0.335 e. The fourth-order valence-electron chi connectivity index (χ4n) is 1.44. The van der Waals surface area contributed by atoms with Crippen molar-refractivity contribution in [3.63, 3.8) is 0 Å². The number of rotatable bonds is 5. The molecule has 0 bridgehead atoms. The lowest BCUT2D eigenvalue weighted by Gasteiger charge is -2.17. The summed E-state index contributed by atoms with van der Waals surface area (Å²) in [4.78, 5) is 34.8. The zero-order valence-corrected chi connectivity index (χ0v) is 11.6. The third kappa shape index (κ3) is 4.68. The van der Waals surface area contributed by atoms with E-state index in [9.17, 15) is 19.5 Å². The molecular formula is C13H16N2O6. The Morgan fingerprint density at radius 1 is 1.33 bits per heavy atom. The fourth-order valence-corrected chi connectivity index (χ4v) is 1.44. The summed E-state index contributed by atoms with van der Waals surface area (Å²) in [6.07, 6.45) is 0.0460. The predicted molar refractivity (Wildman–Crippen MR) is 73.3 cm³/mol. The van der Waals surface area contributed by atoms with Gasteiger partial charge in [-0.1, -0.05) is 0 Å². The Balaban J connectivity index is 2.66. The number of amides is 2. The SMILES string of the molecule is COC(=O)CCN(C)C(=O)Nc1ccc(C(=O)O)cc1O. The number of carboxylic acids is 1. The van der Waals surface area contributed by atoms with Crippen LogP contribution >= 0.6 is 0 Å². The number of benzene rings is 1. The standard InChI is InChI=1S/C13H16N2O6/c1-15(6-5-11(17)21-2)13(20)14-9-4-3-8(12(18)19)7-10(9)16/h3-4,7,16H,5-6H2,1-2H3,(H,14,20)(H,18,19). The molecule has 2 amide bonds. The molecule has 0 fully saturated rings. The summed E-state index contributed by atoms with van der Waals surface area (Å²) in [5.74, 6) is -1.98. The third-order valence-corrected chi connectivity index (χ3v) is 2.71. The molecular weight excluding hydrogens is 280 g/mol. The molecule has 0 saturated heterocycles. The summed E-state index contributed by atoms with van der Waals surface area (Å²) < 4.78 is 4.46. The minimum Gasteiger partial charge on any atom is -0.506 e. The van der Waals surface area contributed by atoms with Gasteiger partial charge in [-0.25, -0.2) is 9.59 Å². The van der Waals surface area contributed by atoms with E-state index >= 15 is 0 Å². The first-order valence-electron chi connectivity index (χ1n) is 6.00. The lowest BCUT2D eigenvalue weighted by atomic mass is 10.2. The number of phenols is 1. The number of phenolic OH excluding ortho intramolecular Hbond substituents is 1. The number of nitrogens with one attached hydrogen (secondary N) is 1. The van der Waals surface area contributed by atoms with Gasteiger partial charge in [0.05, 0.1) is 24.8 Å². The summed E-state index contributed by atoms with van der Waals surface area (Å²) in [6.45, 7) is 0.145. The van der Waals surface area contributed by atoms with E-state index in [1.807, 2.05) is 0 Å². The maximum absolute atomic E-state index is 11.8. The molecule has 0 aliphatic carbocycles. The van der Waals surface area contributed by atoms with Gasteiger partial charge in [-0.2, -0.15) is 0 Å². The zero-order valence-electron chi connectivity index (χ0n) is 11.6. The molecule has 1 aromatic carbocycles. The molecule has 0 spiro atoms. The molecule has 0 atom stereocenters. The monoisotopic (exact) mass is 296 g/mol. The quantitative estimate of drug-likeness (QED) is 0.554. The van der Waals surface area contributed by atoms with Gasteiger partial charge in [-0.05, 0) is 18.2 Å². The van der Waals surface area contributed by atoms with Crippen LogP contribution in [0.2, 0.25) is 0 Å². The van der Waals surface area contributed by atoms with Crippen LogP contribution in [-0.2, 0) is 9.53 Å². The third-order valence-electron chi connectivity index (χ3n) is 2.71. The number of methoxy groups -OCH3 is 1. The Kier molecular flexibility index (Phi) is 5.53. The zero-order chi connectivity index (χ0) is 16.0. The highest BCUT2D eigenvalue weighted by atomic mass is 16.5. The number of carbonyl (C=O) groups is 3. The van der Waals surface area contributed by atoms with Gasteiger partial charge in [0.1, 0.15) is 5.75 Å². The number of aromatic hydroxyl groups is 1. The lowest BCUT2D eigenvalue weighted by molar-refractivity contribution is -0.140. The van der Waals surface area contributed by atoms with Gasteiger partial charge in [0.15, 0.2) is 0 Å². The Bertz CT molecular complexity index is 558. The average molecular weight is 296 g/mol. The molecule has 0 aliphatic heterocycles. The topological polar surface area (TPSA) is 116 Å². The molecule has 0 saturated carbocycles. The molecule has 8 nitrogen and oxygen atoms in total. The van der Waals surface area contributed by atoms with Crippen LogP contribution in [0.15, 0.2) is 18.2 Å². The highest BCUT2D eigenvalue weighted by Gasteiger charge is 2.14. The molecule has 0 radical (unpaired) electrons. The maximum Gasteiger partial charge on any atom is 0.335 e. The number of anilines is 1. The van der Waals surface area contributed by atoms with Crippen molar-refractivity contribution in [2.24, 2.45) is 0 Å². The van der Waals surface area contributed by atoms with Crippen molar-refractivity contribution < 1.29 is 29.3 Å². The first-order chi connectivity index (χ1) is 9.85. The second-order valence-electron chi connectivity index (χ2n) is 4.21. The predicted octanol–water partition coefficient (Wildman–Crippen LogP) is 1.12. The van der Waals surface area contributed by atoms with Crippen molar-refractivity contribution in [2.45, 2.75) is 6.42 Å². The van der Waals surface area contributed by atoms with Crippen LogP contribution in [0.4, 0.5) is 10.5 Å². The van der Waals surface area contributed by atoms with Crippen LogP contribution in [0.5, 0.6) is 5.75 Å². The average Bonchev–Trinajstić information content (AvgIpc) is 2.45. The van der Waals surface area contributed by atoms with E-state index in [1.165, 1.54) is 31.2 Å². The highest BCUT2D eigenvalue weighted by molar-refractivity contribution is 5.93. The Labute approximate surface area is 120 Å². The minimum absolute atomic E-state index is 0.0460. The van der Waals surface area contributed by atoms with Crippen LogP contribution in [-0.4, -0.2) is 53.8 Å². The van der Waals surface area contributed by atoms with Crippen molar-refractivity contribution in [1.82, 2.24) is 4.90 Å². The van der Waals surface area contributed by atoms with Gasteiger partial charge in [0.2, 0.25) is 0 Å². The van der Waals surface area contributed by atoms with E-state index in [4.69, 9.17) is 5.11 Å². The van der Waals surface area contributed by atoms with Crippen molar-refractivity contribution in [1.29, 1.82) is 0 Å².